The van der Waals surface area contributed by atoms with E-state index in [1.54, 1.807) is 0 Å². The second kappa shape index (κ2) is 8.30. The molecule has 3 rings (SSSR count). The Balaban J connectivity index is 2.36. The molecule has 0 heterocycles. The molecule has 0 unspecified atom stereocenters. The summed E-state index contributed by atoms with van der Waals surface area (Å²) in [6, 6.07) is 5.05. The van der Waals surface area contributed by atoms with Crippen molar-refractivity contribution in [2.75, 3.05) is 0 Å². The summed E-state index contributed by atoms with van der Waals surface area (Å²) in [6.45, 7) is 0. The lowest BCUT2D eigenvalue weighted by Gasteiger charge is -2.11. The number of benzene rings is 3. The maximum absolute atomic E-state index is 11.9. The average molecular weight is 539 g/mol. The monoisotopic (exact) mass is 538 g/mol. The fourth-order valence-corrected chi connectivity index (χ4v) is 4.97. The van der Waals surface area contributed by atoms with E-state index in [4.69, 9.17) is 11.6 Å². The largest absolute Gasteiger partial charge is 0.507 e. The van der Waals surface area contributed by atoms with Gasteiger partial charge in [-0.1, -0.05) is 11.6 Å². The highest BCUT2D eigenvalue weighted by molar-refractivity contribution is 7.86. The molecule has 0 saturated carbocycles. The number of rotatable bonds is 5. The SMILES string of the molecule is O=P(O)(O)c1cc(Cl)ccc1/N=N/c1c(S(=O)(=O)O)cc2cc(S(=O)(=O)O)cc(O)c2c1O. The Hall–Kier alpha value is -2.62. The van der Waals surface area contributed by atoms with Gasteiger partial charge >= 0.3 is 7.60 Å². The summed E-state index contributed by atoms with van der Waals surface area (Å²) in [5, 5.41) is 26.0. The number of fused-ring (bicyclic) bond motifs is 1. The van der Waals surface area contributed by atoms with E-state index in [1.165, 1.54) is 6.07 Å². The first-order chi connectivity index (χ1) is 15.0. The zero-order valence-corrected chi connectivity index (χ0v) is 19.0. The molecule has 0 aromatic heterocycles. The molecule has 0 spiro atoms. The third kappa shape index (κ3) is 5.15. The Morgan fingerprint density at radius 3 is 2.06 bits per heavy atom. The average Bonchev–Trinajstić information content (AvgIpc) is 2.65. The standard InChI is InChI=1S/C16H12ClN2O11PS2/c17-8-1-2-10(12(5-8)31(22,23)24)18-19-15-13(33(28,29)30)4-7-3-9(32(25,26)27)6-11(20)14(7)16(15)21/h1-6,20-21H,(H2,22,23,24)(H,25,26,27)(H,28,29,30)/b19-18+. The quantitative estimate of drug-likeness (QED) is 0.157. The number of nitrogens with zero attached hydrogens (tertiary/aromatic N) is 2. The molecule has 17 heteroatoms. The number of halogens is 1. The Morgan fingerprint density at radius 1 is 0.879 bits per heavy atom. The van der Waals surface area contributed by atoms with Crippen LogP contribution in [0.1, 0.15) is 0 Å². The van der Waals surface area contributed by atoms with Crippen molar-refractivity contribution in [3.8, 4) is 11.5 Å². The number of azo groups is 1. The second-order valence-corrected chi connectivity index (χ2v) is 11.3. The summed E-state index contributed by atoms with van der Waals surface area (Å²) >= 11 is 5.72. The molecular formula is C16H12ClN2O11PS2. The van der Waals surface area contributed by atoms with E-state index >= 15 is 0 Å². The highest BCUT2D eigenvalue weighted by atomic mass is 35.5. The van der Waals surface area contributed by atoms with Gasteiger partial charge in [-0.3, -0.25) is 13.7 Å². The molecule has 176 valence electrons. The summed E-state index contributed by atoms with van der Waals surface area (Å²) in [4.78, 5) is 17.0. The topological polar surface area (TPSA) is 231 Å². The maximum Gasteiger partial charge on any atom is 0.358 e. The zero-order chi connectivity index (χ0) is 24.9. The molecule has 0 aliphatic carbocycles. The van der Waals surface area contributed by atoms with E-state index in [2.05, 4.69) is 10.2 Å². The van der Waals surface area contributed by atoms with Gasteiger partial charge in [-0.25, -0.2) is 0 Å². The first kappa shape index (κ1) is 25.0. The van der Waals surface area contributed by atoms with Gasteiger partial charge in [0.25, 0.3) is 20.2 Å². The predicted molar refractivity (Wildman–Crippen MR) is 114 cm³/mol. The number of phenols is 2. The fourth-order valence-electron chi connectivity index (χ4n) is 2.80. The molecule has 0 radical (unpaired) electrons. The predicted octanol–water partition coefficient (Wildman–Crippen LogP) is 2.62. The summed E-state index contributed by atoms with van der Waals surface area (Å²) in [6.07, 6.45) is 0. The molecule has 3 aromatic rings. The van der Waals surface area contributed by atoms with E-state index < -0.39 is 76.6 Å². The van der Waals surface area contributed by atoms with Crippen LogP contribution in [0.2, 0.25) is 5.02 Å². The molecule has 0 atom stereocenters. The van der Waals surface area contributed by atoms with Crippen molar-refractivity contribution in [2.24, 2.45) is 10.2 Å². The lowest BCUT2D eigenvalue weighted by atomic mass is 10.1. The summed E-state index contributed by atoms with van der Waals surface area (Å²) in [5.41, 5.74) is -1.40. The van der Waals surface area contributed by atoms with Gasteiger partial charge in [0.15, 0.2) is 5.75 Å². The van der Waals surface area contributed by atoms with Crippen LogP contribution in [-0.2, 0) is 24.8 Å². The van der Waals surface area contributed by atoms with Crippen LogP contribution >= 0.6 is 19.2 Å². The Kier molecular flexibility index (Phi) is 6.29. The van der Waals surface area contributed by atoms with Crippen LogP contribution < -0.4 is 5.30 Å². The first-order valence-electron chi connectivity index (χ1n) is 8.25. The van der Waals surface area contributed by atoms with E-state index in [9.17, 15) is 50.5 Å². The number of hydrogen-bond acceptors (Lipinski definition) is 9. The van der Waals surface area contributed by atoms with Gasteiger partial charge in [0.05, 0.1) is 15.6 Å². The highest BCUT2D eigenvalue weighted by Crippen LogP contribution is 2.46. The second-order valence-electron chi connectivity index (χ2n) is 6.44. The van der Waals surface area contributed by atoms with Crippen LogP contribution in [0.4, 0.5) is 11.4 Å². The van der Waals surface area contributed by atoms with Crippen LogP contribution in [-0.4, -0.2) is 45.9 Å². The Morgan fingerprint density at radius 2 is 1.52 bits per heavy atom. The van der Waals surface area contributed by atoms with Crippen LogP contribution in [0.25, 0.3) is 10.8 Å². The molecule has 6 N–H and O–H groups in total. The van der Waals surface area contributed by atoms with E-state index in [0.29, 0.717) is 18.2 Å². The third-order valence-corrected chi connectivity index (χ3v) is 7.11. The number of phenolic OH excluding ortho intramolecular Hbond substituents is 2. The lowest BCUT2D eigenvalue weighted by molar-refractivity contribution is 0.387. The van der Waals surface area contributed by atoms with E-state index in [-0.39, 0.29) is 5.02 Å². The van der Waals surface area contributed by atoms with Gasteiger partial charge in [0, 0.05) is 11.1 Å². The third-order valence-electron chi connectivity index (χ3n) is 4.19. The fraction of sp³-hybridized carbons (Fsp3) is 0. The molecule has 0 saturated heterocycles. The molecule has 3 aromatic carbocycles. The lowest BCUT2D eigenvalue weighted by Crippen LogP contribution is -2.04. The van der Waals surface area contributed by atoms with Crippen molar-refractivity contribution in [3.05, 3.63) is 41.4 Å². The van der Waals surface area contributed by atoms with Gasteiger partial charge in [0.2, 0.25) is 0 Å². The molecule has 0 amide bonds. The first-order valence-corrected chi connectivity index (χ1v) is 13.1. The van der Waals surface area contributed by atoms with Crippen molar-refractivity contribution < 1.29 is 50.5 Å². The van der Waals surface area contributed by atoms with Crippen LogP contribution in [0.3, 0.4) is 0 Å². The van der Waals surface area contributed by atoms with Crippen molar-refractivity contribution >= 4 is 66.9 Å². The minimum Gasteiger partial charge on any atom is -0.507 e. The molecule has 13 nitrogen and oxygen atoms in total. The molecule has 0 aliphatic heterocycles. The molecule has 33 heavy (non-hydrogen) atoms. The van der Waals surface area contributed by atoms with Gasteiger partial charge < -0.3 is 20.0 Å². The van der Waals surface area contributed by atoms with E-state index in [1.807, 2.05) is 0 Å². The van der Waals surface area contributed by atoms with Gasteiger partial charge in [-0.05, 0) is 35.7 Å². The van der Waals surface area contributed by atoms with Crippen LogP contribution in [0.15, 0.2) is 56.4 Å². The minimum absolute atomic E-state index is 0.0565. The Labute approximate surface area is 190 Å². The van der Waals surface area contributed by atoms with Gasteiger partial charge in [0.1, 0.15) is 22.0 Å². The summed E-state index contributed by atoms with van der Waals surface area (Å²) in [5.74, 6) is -1.98. The number of hydrogen-bond donors (Lipinski definition) is 6. The van der Waals surface area contributed by atoms with Gasteiger partial charge in [-0.2, -0.15) is 16.8 Å². The van der Waals surface area contributed by atoms with Crippen molar-refractivity contribution in [2.45, 2.75) is 9.79 Å². The van der Waals surface area contributed by atoms with Crippen LogP contribution in [0, 0.1) is 0 Å². The zero-order valence-electron chi connectivity index (χ0n) is 15.7. The minimum atomic E-state index is -5.14. The molecular weight excluding hydrogens is 527 g/mol. The highest BCUT2D eigenvalue weighted by Gasteiger charge is 2.26. The maximum atomic E-state index is 11.9. The molecule has 0 aliphatic rings. The summed E-state index contributed by atoms with van der Waals surface area (Å²) in [7, 11) is -14.9. The van der Waals surface area contributed by atoms with Crippen LogP contribution in [0.5, 0.6) is 11.5 Å². The molecule has 0 bridgehead atoms. The van der Waals surface area contributed by atoms with Crippen molar-refractivity contribution in [1.29, 1.82) is 0 Å². The normalized spacial score (nSPS) is 13.1. The van der Waals surface area contributed by atoms with E-state index in [0.717, 1.165) is 12.1 Å². The Bertz CT molecular complexity index is 1600. The van der Waals surface area contributed by atoms with Crippen molar-refractivity contribution in [3.63, 3.8) is 0 Å². The van der Waals surface area contributed by atoms with Gasteiger partial charge in [-0.15, -0.1) is 10.2 Å². The summed E-state index contributed by atoms with van der Waals surface area (Å²) < 4.78 is 76.9. The molecule has 0 fully saturated rings. The number of aromatic hydroxyl groups is 2. The van der Waals surface area contributed by atoms with Crippen molar-refractivity contribution in [1.82, 2.24) is 0 Å². The smallest absolute Gasteiger partial charge is 0.358 e.